The van der Waals surface area contributed by atoms with E-state index in [-0.39, 0.29) is 6.61 Å². The lowest BCUT2D eigenvalue weighted by atomic mass is 10.1. The van der Waals surface area contributed by atoms with Gasteiger partial charge in [-0.2, -0.15) is 5.26 Å². The van der Waals surface area contributed by atoms with Crippen molar-refractivity contribution in [3.63, 3.8) is 0 Å². The van der Waals surface area contributed by atoms with Crippen LogP contribution >= 0.6 is 11.3 Å². The van der Waals surface area contributed by atoms with Crippen molar-refractivity contribution < 1.29 is 14.3 Å². The maximum atomic E-state index is 12.3. The molecule has 1 amide bonds. The van der Waals surface area contributed by atoms with Crippen LogP contribution in [0.4, 0.5) is 5.69 Å². The molecule has 0 unspecified atom stereocenters. The monoisotopic (exact) mass is 362 g/mol. The minimum atomic E-state index is -0.533. The highest BCUT2D eigenvalue weighted by atomic mass is 32.1. The molecular weight excluding hydrogens is 348 g/mol. The molecule has 3 rings (SSSR count). The highest BCUT2D eigenvalue weighted by Crippen LogP contribution is 2.28. The first kappa shape index (κ1) is 17.4. The highest BCUT2D eigenvalue weighted by molar-refractivity contribution is 7.12. The summed E-state index contributed by atoms with van der Waals surface area (Å²) in [7, 11) is 0. The van der Waals surface area contributed by atoms with Gasteiger partial charge in [-0.05, 0) is 41.3 Å². The van der Waals surface area contributed by atoms with Crippen LogP contribution in [0.1, 0.15) is 15.2 Å². The molecule has 26 heavy (non-hydrogen) atoms. The molecule has 0 spiro atoms. The first-order valence-electron chi connectivity index (χ1n) is 7.77. The number of nitrogens with zero attached hydrogens (tertiary/aromatic N) is 1. The summed E-state index contributed by atoms with van der Waals surface area (Å²) in [6.07, 6.45) is 0. The molecule has 0 saturated carbocycles. The smallest absolute Gasteiger partial charge is 0.349 e. The van der Waals surface area contributed by atoms with Gasteiger partial charge in [0.15, 0.2) is 6.61 Å². The minimum absolute atomic E-state index is 0.384. The maximum absolute atomic E-state index is 12.3. The van der Waals surface area contributed by atoms with Gasteiger partial charge >= 0.3 is 5.97 Å². The number of carbonyl (C=O) groups excluding carboxylic acids is 2. The Morgan fingerprint density at radius 3 is 2.46 bits per heavy atom. The molecule has 0 aliphatic heterocycles. The fourth-order valence-corrected chi connectivity index (χ4v) is 3.14. The third kappa shape index (κ3) is 4.15. The molecule has 1 heterocycles. The zero-order chi connectivity index (χ0) is 18.4. The lowest BCUT2D eigenvalue weighted by Gasteiger charge is -2.07. The van der Waals surface area contributed by atoms with Gasteiger partial charge < -0.3 is 10.1 Å². The summed E-state index contributed by atoms with van der Waals surface area (Å²) in [5.74, 6) is -0.977. The van der Waals surface area contributed by atoms with Crippen molar-refractivity contribution in [3.8, 4) is 17.2 Å². The molecule has 2 aromatic carbocycles. The van der Waals surface area contributed by atoms with Gasteiger partial charge in [0.2, 0.25) is 0 Å². The van der Waals surface area contributed by atoms with Gasteiger partial charge in [-0.3, -0.25) is 4.79 Å². The Labute approximate surface area is 154 Å². The Morgan fingerprint density at radius 2 is 1.77 bits per heavy atom. The van der Waals surface area contributed by atoms with Gasteiger partial charge in [-0.1, -0.05) is 30.3 Å². The molecule has 0 radical (unpaired) electrons. The molecule has 1 N–H and O–H groups in total. The summed E-state index contributed by atoms with van der Waals surface area (Å²) >= 11 is 1.28. The third-order valence-electron chi connectivity index (χ3n) is 3.57. The fraction of sp³-hybridized carbons (Fsp3) is 0.0500. The van der Waals surface area contributed by atoms with E-state index >= 15 is 0 Å². The van der Waals surface area contributed by atoms with Crippen molar-refractivity contribution in [2.45, 2.75) is 0 Å². The van der Waals surface area contributed by atoms with Crippen LogP contribution in [-0.4, -0.2) is 18.5 Å². The van der Waals surface area contributed by atoms with E-state index in [2.05, 4.69) is 5.32 Å². The zero-order valence-corrected chi connectivity index (χ0v) is 14.5. The van der Waals surface area contributed by atoms with Gasteiger partial charge in [0.25, 0.3) is 5.91 Å². The van der Waals surface area contributed by atoms with Crippen LogP contribution in [0, 0.1) is 11.3 Å². The summed E-state index contributed by atoms with van der Waals surface area (Å²) in [6.45, 7) is -0.384. The molecule has 0 aliphatic rings. The average molecular weight is 362 g/mol. The molecule has 0 bridgehead atoms. The number of hydrogen-bond donors (Lipinski definition) is 1. The van der Waals surface area contributed by atoms with Crippen LogP contribution in [0.2, 0.25) is 0 Å². The van der Waals surface area contributed by atoms with Crippen molar-refractivity contribution in [2.75, 3.05) is 11.9 Å². The number of hydrogen-bond acceptors (Lipinski definition) is 5. The van der Waals surface area contributed by atoms with Crippen LogP contribution in [0.15, 0.2) is 66.0 Å². The topological polar surface area (TPSA) is 79.2 Å². The first-order chi connectivity index (χ1) is 12.7. The van der Waals surface area contributed by atoms with Crippen LogP contribution in [0.25, 0.3) is 11.1 Å². The van der Waals surface area contributed by atoms with Gasteiger partial charge in [0.1, 0.15) is 4.88 Å². The molecule has 6 heteroatoms. The lowest BCUT2D eigenvalue weighted by Crippen LogP contribution is -2.20. The number of nitrogens with one attached hydrogen (secondary N) is 1. The quantitative estimate of drug-likeness (QED) is 0.694. The molecular formula is C20H14N2O3S. The molecule has 0 fully saturated rings. The number of benzene rings is 2. The summed E-state index contributed by atoms with van der Waals surface area (Å²) in [4.78, 5) is 24.7. The normalized spacial score (nSPS) is 9.96. The van der Waals surface area contributed by atoms with Crippen molar-refractivity contribution in [2.24, 2.45) is 0 Å². The number of thiophene rings is 1. The van der Waals surface area contributed by atoms with Crippen LogP contribution in [-0.2, 0) is 9.53 Å². The Bertz CT molecular complexity index is 957. The highest BCUT2D eigenvalue weighted by Gasteiger charge is 2.17. The number of amides is 1. The van der Waals surface area contributed by atoms with Crippen molar-refractivity contribution in [1.29, 1.82) is 5.26 Å². The second kappa shape index (κ2) is 8.10. The van der Waals surface area contributed by atoms with Crippen LogP contribution in [0.3, 0.4) is 0 Å². The number of ether oxygens (including phenoxy) is 1. The van der Waals surface area contributed by atoms with E-state index in [1.54, 1.807) is 24.3 Å². The minimum Gasteiger partial charge on any atom is -0.451 e. The molecule has 0 atom stereocenters. The van der Waals surface area contributed by atoms with Gasteiger partial charge in [-0.25, -0.2) is 4.79 Å². The maximum Gasteiger partial charge on any atom is 0.349 e. The van der Waals surface area contributed by atoms with Crippen molar-refractivity contribution in [1.82, 2.24) is 0 Å². The van der Waals surface area contributed by atoms with Gasteiger partial charge in [-0.15, -0.1) is 11.3 Å². The molecule has 5 nitrogen and oxygen atoms in total. The molecule has 128 valence electrons. The Morgan fingerprint density at radius 1 is 1.04 bits per heavy atom. The predicted octanol–water partition coefficient (Wildman–Crippen LogP) is 4.08. The standard InChI is InChI=1S/C20H14N2O3S/c21-12-14-6-8-16(9-7-14)22-18(23)13-25-20(24)19-17(10-11-26-19)15-4-2-1-3-5-15/h1-11H,13H2,(H,22,23). The first-order valence-corrected chi connectivity index (χ1v) is 8.65. The second-order valence-corrected chi connectivity index (χ2v) is 6.26. The molecule has 0 saturated heterocycles. The van der Waals surface area contributed by atoms with E-state index in [9.17, 15) is 9.59 Å². The summed E-state index contributed by atoms with van der Waals surface area (Å²) < 4.78 is 5.13. The average Bonchev–Trinajstić information content (AvgIpc) is 3.17. The third-order valence-corrected chi connectivity index (χ3v) is 4.46. The number of anilines is 1. The summed E-state index contributed by atoms with van der Waals surface area (Å²) in [5.41, 5.74) is 2.74. The van der Waals surface area contributed by atoms with E-state index < -0.39 is 11.9 Å². The van der Waals surface area contributed by atoms with E-state index in [0.29, 0.717) is 16.1 Å². The Balaban J connectivity index is 1.60. The number of carbonyl (C=O) groups is 2. The Hall–Kier alpha value is -3.43. The largest absolute Gasteiger partial charge is 0.451 e. The van der Waals surface area contributed by atoms with Crippen molar-refractivity contribution >= 4 is 28.9 Å². The van der Waals surface area contributed by atoms with Gasteiger partial charge in [0, 0.05) is 11.3 Å². The summed E-state index contributed by atoms with van der Waals surface area (Å²) in [6, 6.07) is 19.8. The van der Waals surface area contributed by atoms with E-state index in [1.165, 1.54) is 11.3 Å². The van der Waals surface area contributed by atoms with E-state index in [1.807, 2.05) is 47.8 Å². The molecule has 0 aliphatic carbocycles. The fourth-order valence-electron chi connectivity index (χ4n) is 2.33. The zero-order valence-electron chi connectivity index (χ0n) is 13.6. The summed E-state index contributed by atoms with van der Waals surface area (Å²) in [5, 5.41) is 13.2. The van der Waals surface area contributed by atoms with E-state index in [0.717, 1.165) is 11.1 Å². The second-order valence-electron chi connectivity index (χ2n) is 5.34. The van der Waals surface area contributed by atoms with Crippen molar-refractivity contribution in [3.05, 3.63) is 76.5 Å². The predicted molar refractivity (Wildman–Crippen MR) is 99.8 cm³/mol. The lowest BCUT2D eigenvalue weighted by molar-refractivity contribution is -0.119. The molecule has 3 aromatic rings. The SMILES string of the molecule is N#Cc1ccc(NC(=O)COC(=O)c2sccc2-c2ccccc2)cc1. The number of nitriles is 1. The van der Waals surface area contributed by atoms with E-state index in [4.69, 9.17) is 10.00 Å². The molecule has 1 aromatic heterocycles. The van der Waals surface area contributed by atoms with Crippen LogP contribution in [0.5, 0.6) is 0 Å². The Kier molecular flexibility index (Phi) is 5.42. The number of esters is 1. The number of rotatable bonds is 5. The van der Waals surface area contributed by atoms with Crippen LogP contribution < -0.4 is 5.32 Å². The van der Waals surface area contributed by atoms with Gasteiger partial charge in [0.05, 0.1) is 11.6 Å².